The van der Waals surface area contributed by atoms with Gasteiger partial charge in [0.25, 0.3) is 0 Å². The van der Waals surface area contributed by atoms with Crippen LogP contribution in [0.15, 0.2) is 29.6 Å². The van der Waals surface area contributed by atoms with Crippen LogP contribution in [-0.4, -0.2) is 17.0 Å². The topological polar surface area (TPSA) is 136 Å². The molecule has 8 nitrogen and oxygen atoms in total. The molecule has 0 saturated heterocycles. The molecule has 1 aromatic carbocycles. The van der Waals surface area contributed by atoms with Crippen LogP contribution in [0, 0.1) is 4.91 Å². The SMILES string of the molecule is Nc1cc(C(=O)O)ccc1C(=O)Nc1[nH+]cc(N=O)s1. The number of hydrogen-bond donors (Lipinski definition) is 3. The quantitative estimate of drug-likeness (QED) is 0.579. The molecule has 2 rings (SSSR count). The van der Waals surface area contributed by atoms with Crippen LogP contribution in [0.3, 0.4) is 0 Å². The highest BCUT2D eigenvalue weighted by Gasteiger charge is 2.19. The van der Waals surface area contributed by atoms with Crippen LogP contribution < -0.4 is 16.0 Å². The van der Waals surface area contributed by atoms with Crippen LogP contribution in [0.5, 0.6) is 0 Å². The van der Waals surface area contributed by atoms with Crippen molar-refractivity contribution in [2.24, 2.45) is 5.18 Å². The first-order valence-electron chi connectivity index (χ1n) is 5.30. The first-order valence-corrected chi connectivity index (χ1v) is 6.12. The van der Waals surface area contributed by atoms with Crippen molar-refractivity contribution in [3.8, 4) is 0 Å². The molecule has 0 saturated carbocycles. The van der Waals surface area contributed by atoms with Gasteiger partial charge in [0, 0.05) is 5.69 Å². The Morgan fingerprint density at radius 2 is 2.15 bits per heavy atom. The molecule has 0 radical (unpaired) electrons. The van der Waals surface area contributed by atoms with Crippen molar-refractivity contribution < 1.29 is 19.7 Å². The molecule has 2 aromatic rings. The zero-order chi connectivity index (χ0) is 14.7. The summed E-state index contributed by atoms with van der Waals surface area (Å²) in [6.45, 7) is 0. The molecule has 5 N–H and O–H groups in total. The lowest BCUT2D eigenvalue weighted by atomic mass is 10.1. The van der Waals surface area contributed by atoms with Crippen LogP contribution in [0.1, 0.15) is 20.7 Å². The van der Waals surface area contributed by atoms with Gasteiger partial charge in [-0.25, -0.2) is 14.6 Å². The van der Waals surface area contributed by atoms with E-state index < -0.39 is 11.9 Å². The van der Waals surface area contributed by atoms with E-state index in [2.05, 4.69) is 15.5 Å². The molecule has 1 aromatic heterocycles. The number of H-pyrrole nitrogens is 1. The van der Waals surface area contributed by atoms with Gasteiger partial charge in [-0.3, -0.25) is 0 Å². The van der Waals surface area contributed by atoms with E-state index in [-0.39, 0.29) is 21.8 Å². The number of rotatable bonds is 4. The highest BCUT2D eigenvalue weighted by molar-refractivity contribution is 7.18. The Morgan fingerprint density at radius 1 is 1.40 bits per heavy atom. The van der Waals surface area contributed by atoms with E-state index in [9.17, 15) is 14.5 Å². The number of nitrogens with two attached hydrogens (primary N) is 1. The second kappa shape index (κ2) is 5.45. The highest BCUT2D eigenvalue weighted by atomic mass is 32.1. The highest BCUT2D eigenvalue weighted by Crippen LogP contribution is 2.23. The predicted molar refractivity (Wildman–Crippen MR) is 72.1 cm³/mol. The molecule has 0 aliphatic heterocycles. The molecule has 0 atom stereocenters. The molecule has 0 aliphatic carbocycles. The third-order valence-corrected chi connectivity index (χ3v) is 3.22. The number of aromatic carboxylic acids is 1. The van der Waals surface area contributed by atoms with Crippen LogP contribution in [0.2, 0.25) is 0 Å². The van der Waals surface area contributed by atoms with Crippen molar-refractivity contribution in [2.75, 3.05) is 11.1 Å². The fraction of sp³-hybridized carbons (Fsp3) is 0. The van der Waals surface area contributed by atoms with Gasteiger partial charge in [-0.1, -0.05) is 0 Å². The van der Waals surface area contributed by atoms with Crippen molar-refractivity contribution in [1.82, 2.24) is 0 Å². The number of aromatic nitrogens is 1. The maximum atomic E-state index is 12.0. The lowest BCUT2D eigenvalue weighted by molar-refractivity contribution is -0.353. The number of benzene rings is 1. The van der Waals surface area contributed by atoms with Gasteiger partial charge in [-0.05, 0) is 34.7 Å². The number of aromatic amines is 1. The summed E-state index contributed by atoms with van der Waals surface area (Å²) in [6, 6.07) is 3.80. The van der Waals surface area contributed by atoms with Crippen molar-refractivity contribution in [1.29, 1.82) is 0 Å². The largest absolute Gasteiger partial charge is 0.478 e. The number of nitrogen functional groups attached to an aromatic ring is 1. The number of nitrogens with one attached hydrogen (secondary N) is 2. The average molecular weight is 293 g/mol. The van der Waals surface area contributed by atoms with Crippen LogP contribution in [0.25, 0.3) is 0 Å². The first-order chi connectivity index (χ1) is 9.51. The number of amides is 1. The standard InChI is InChI=1S/C11H8N4O4S/c12-7-3-5(10(17)18)1-2-6(7)9(16)14-11-13-4-8(15-19)20-11/h1-4H,12H2,(H,17,18)(H,13,14,16)/p+1. The van der Waals surface area contributed by atoms with Gasteiger partial charge in [-0.15, -0.1) is 4.91 Å². The third-order valence-electron chi connectivity index (χ3n) is 2.39. The van der Waals surface area contributed by atoms with Gasteiger partial charge in [0.2, 0.25) is 5.00 Å². The third kappa shape index (κ3) is 2.78. The van der Waals surface area contributed by atoms with Gasteiger partial charge >= 0.3 is 17.0 Å². The van der Waals surface area contributed by atoms with Crippen molar-refractivity contribution in [3.05, 3.63) is 40.4 Å². The maximum Gasteiger partial charge on any atom is 0.341 e. The smallest absolute Gasteiger partial charge is 0.341 e. The Bertz CT molecular complexity index is 697. The molecule has 0 aliphatic rings. The minimum Gasteiger partial charge on any atom is -0.478 e. The second-order valence-electron chi connectivity index (χ2n) is 3.71. The zero-order valence-electron chi connectivity index (χ0n) is 9.91. The predicted octanol–water partition coefficient (Wildman–Crippen LogP) is 1.49. The fourth-order valence-electron chi connectivity index (χ4n) is 1.47. The van der Waals surface area contributed by atoms with E-state index in [0.717, 1.165) is 11.3 Å². The van der Waals surface area contributed by atoms with Gasteiger partial charge in [0.05, 0.1) is 11.1 Å². The number of carbonyl (C=O) groups is 2. The number of carboxylic acids is 1. The molecular weight excluding hydrogens is 284 g/mol. The molecule has 0 unspecified atom stereocenters. The molecule has 1 amide bonds. The van der Waals surface area contributed by atoms with Crippen LogP contribution >= 0.6 is 11.3 Å². The molecule has 20 heavy (non-hydrogen) atoms. The number of nitroso groups, excluding NO2 is 1. The number of anilines is 2. The van der Waals surface area contributed by atoms with Crippen LogP contribution in [0.4, 0.5) is 15.8 Å². The number of hydrogen-bond acceptors (Lipinski definition) is 6. The van der Waals surface area contributed by atoms with Crippen molar-refractivity contribution in [3.63, 3.8) is 0 Å². The van der Waals surface area contributed by atoms with Gasteiger partial charge in [0.15, 0.2) is 0 Å². The van der Waals surface area contributed by atoms with E-state index in [0.29, 0.717) is 5.13 Å². The molecule has 0 spiro atoms. The summed E-state index contributed by atoms with van der Waals surface area (Å²) < 4.78 is 0. The van der Waals surface area contributed by atoms with Gasteiger partial charge in [-0.2, -0.15) is 5.32 Å². The van der Waals surface area contributed by atoms with Crippen molar-refractivity contribution in [2.45, 2.75) is 0 Å². The summed E-state index contributed by atoms with van der Waals surface area (Å²) in [6.07, 6.45) is 1.35. The first kappa shape index (κ1) is 13.6. The Labute approximate surface area is 116 Å². The van der Waals surface area contributed by atoms with Gasteiger partial charge < -0.3 is 10.8 Å². The van der Waals surface area contributed by atoms with E-state index in [1.807, 2.05) is 0 Å². The van der Waals surface area contributed by atoms with E-state index >= 15 is 0 Å². The summed E-state index contributed by atoms with van der Waals surface area (Å²) in [7, 11) is 0. The zero-order valence-corrected chi connectivity index (χ0v) is 10.7. The minimum atomic E-state index is -1.13. The molecule has 0 fully saturated rings. The normalized spacial score (nSPS) is 10.0. The lowest BCUT2D eigenvalue weighted by Crippen LogP contribution is -2.18. The summed E-state index contributed by atoms with van der Waals surface area (Å²) in [4.78, 5) is 35.7. The number of carbonyl (C=O) groups excluding carboxylic acids is 1. The second-order valence-corrected chi connectivity index (χ2v) is 4.74. The number of nitrogens with zero attached hydrogens (tertiary/aromatic N) is 1. The fourth-order valence-corrected chi connectivity index (χ4v) is 2.10. The van der Waals surface area contributed by atoms with E-state index in [4.69, 9.17) is 10.8 Å². The van der Waals surface area contributed by atoms with E-state index in [1.54, 1.807) is 0 Å². The monoisotopic (exact) mass is 293 g/mol. The summed E-state index contributed by atoms with van der Waals surface area (Å²) >= 11 is 0.968. The maximum absolute atomic E-state index is 12.0. The molecule has 0 bridgehead atoms. The number of thiazole rings is 1. The Morgan fingerprint density at radius 3 is 2.70 bits per heavy atom. The Hall–Kier alpha value is -2.81. The number of carboxylic acid groups (broad SMARTS) is 1. The molecule has 1 heterocycles. The average Bonchev–Trinajstić information content (AvgIpc) is 2.85. The summed E-state index contributed by atoms with van der Waals surface area (Å²) in [5.41, 5.74) is 5.83. The summed E-state index contributed by atoms with van der Waals surface area (Å²) in [5, 5.41) is 14.5. The van der Waals surface area contributed by atoms with Gasteiger partial charge in [0.1, 0.15) is 6.20 Å². The molecule has 9 heteroatoms. The molecular formula is C11H9N4O4S+. The van der Waals surface area contributed by atoms with E-state index in [1.165, 1.54) is 24.4 Å². The minimum absolute atomic E-state index is 0.00539. The Balaban J connectivity index is 2.20. The van der Waals surface area contributed by atoms with Crippen LogP contribution in [-0.2, 0) is 0 Å². The Kier molecular flexibility index (Phi) is 3.71. The van der Waals surface area contributed by atoms with Crippen molar-refractivity contribution >= 4 is 39.0 Å². The lowest BCUT2D eigenvalue weighted by Gasteiger charge is -2.02. The summed E-state index contributed by atoms with van der Waals surface area (Å²) in [5.74, 6) is -1.65. The molecule has 102 valence electrons.